The third-order valence-electron chi connectivity index (χ3n) is 3.12. The summed E-state index contributed by atoms with van der Waals surface area (Å²) in [7, 11) is 1.80. The number of aliphatic hydroxyl groups excluding tert-OH is 1. The van der Waals surface area contributed by atoms with Gasteiger partial charge >= 0.3 is 0 Å². The average molecular weight is 279 g/mol. The molecule has 112 valence electrons. The second-order valence-electron chi connectivity index (χ2n) is 4.86. The van der Waals surface area contributed by atoms with Crippen LogP contribution in [-0.2, 0) is 0 Å². The van der Waals surface area contributed by atoms with Gasteiger partial charge in [0, 0.05) is 39.1 Å². The van der Waals surface area contributed by atoms with Gasteiger partial charge in [-0.3, -0.25) is 9.78 Å². The number of pyridine rings is 1. The fraction of sp³-hybridized carbons (Fsp3) is 0.600. The Kier molecular flexibility index (Phi) is 7.65. The first-order chi connectivity index (χ1) is 9.70. The van der Waals surface area contributed by atoms with E-state index in [1.807, 2.05) is 6.07 Å². The van der Waals surface area contributed by atoms with Crippen molar-refractivity contribution in [2.45, 2.75) is 32.6 Å². The molecule has 0 aliphatic carbocycles. The molecular formula is C15H25N3O2. The maximum absolute atomic E-state index is 12.4. The third-order valence-corrected chi connectivity index (χ3v) is 3.12. The Morgan fingerprint density at radius 2 is 2.20 bits per heavy atom. The predicted molar refractivity (Wildman–Crippen MR) is 80.9 cm³/mol. The van der Waals surface area contributed by atoms with Crippen LogP contribution in [0.15, 0.2) is 18.5 Å². The molecule has 0 fully saturated rings. The summed E-state index contributed by atoms with van der Waals surface area (Å²) in [5, 5.41) is 12.0. The number of nitrogens with zero attached hydrogens (tertiary/aromatic N) is 2. The van der Waals surface area contributed by atoms with Crippen molar-refractivity contribution < 1.29 is 9.90 Å². The number of carbonyl (C=O) groups excluding carboxylic acids is 1. The third kappa shape index (κ3) is 5.17. The first-order valence-corrected chi connectivity index (χ1v) is 7.25. The average Bonchev–Trinajstić information content (AvgIpc) is 2.49. The topological polar surface area (TPSA) is 65.5 Å². The van der Waals surface area contributed by atoms with Crippen molar-refractivity contribution >= 4 is 11.6 Å². The number of aliphatic hydroxyl groups is 1. The van der Waals surface area contributed by atoms with E-state index >= 15 is 0 Å². The summed E-state index contributed by atoms with van der Waals surface area (Å²) in [6.07, 6.45) is 6.94. The summed E-state index contributed by atoms with van der Waals surface area (Å²) >= 11 is 0. The van der Waals surface area contributed by atoms with Crippen molar-refractivity contribution in [3.05, 3.63) is 24.0 Å². The molecule has 1 heterocycles. The van der Waals surface area contributed by atoms with Crippen LogP contribution < -0.4 is 5.32 Å². The van der Waals surface area contributed by atoms with Crippen LogP contribution in [0.3, 0.4) is 0 Å². The number of hydrogen-bond donors (Lipinski definition) is 2. The fourth-order valence-corrected chi connectivity index (χ4v) is 1.92. The predicted octanol–water partition coefficient (Wildman–Crippen LogP) is 2.14. The number of unbranched alkanes of at least 4 members (excludes halogenated alkanes) is 2. The lowest BCUT2D eigenvalue weighted by molar-refractivity contribution is 0.0792. The van der Waals surface area contributed by atoms with Crippen LogP contribution in [0.1, 0.15) is 43.0 Å². The van der Waals surface area contributed by atoms with Crippen LogP contribution in [0.25, 0.3) is 0 Å². The summed E-state index contributed by atoms with van der Waals surface area (Å²) in [4.78, 5) is 18.1. The van der Waals surface area contributed by atoms with E-state index in [0.29, 0.717) is 12.1 Å². The zero-order chi connectivity index (χ0) is 14.8. The highest BCUT2D eigenvalue weighted by atomic mass is 16.2. The second-order valence-corrected chi connectivity index (χ2v) is 4.86. The first kappa shape index (κ1) is 16.4. The molecule has 1 aromatic rings. The standard InChI is InChI=1S/C15H25N3O2/c1-3-8-17-14-7-9-16-12-13(14)15(20)18(2)10-5-4-6-11-19/h7,9,12,19H,3-6,8,10-11H2,1-2H3,(H,16,17). The molecular weight excluding hydrogens is 254 g/mol. The first-order valence-electron chi connectivity index (χ1n) is 7.25. The van der Waals surface area contributed by atoms with Crippen molar-refractivity contribution in [2.24, 2.45) is 0 Å². The monoisotopic (exact) mass is 279 g/mol. The molecule has 5 nitrogen and oxygen atoms in total. The Morgan fingerprint density at radius 3 is 2.90 bits per heavy atom. The normalized spacial score (nSPS) is 10.3. The smallest absolute Gasteiger partial charge is 0.257 e. The zero-order valence-electron chi connectivity index (χ0n) is 12.4. The summed E-state index contributed by atoms with van der Waals surface area (Å²) < 4.78 is 0. The molecule has 0 aromatic carbocycles. The molecule has 0 spiro atoms. The summed E-state index contributed by atoms with van der Waals surface area (Å²) in [5.74, 6) is -0.0132. The van der Waals surface area contributed by atoms with Gasteiger partial charge in [0.1, 0.15) is 0 Å². The number of rotatable bonds is 9. The molecule has 0 aliphatic heterocycles. The molecule has 0 saturated heterocycles. The van der Waals surface area contributed by atoms with E-state index in [1.165, 1.54) is 0 Å². The molecule has 1 aromatic heterocycles. The van der Waals surface area contributed by atoms with Gasteiger partial charge in [0.2, 0.25) is 0 Å². The van der Waals surface area contributed by atoms with Crippen LogP contribution in [0, 0.1) is 0 Å². The van der Waals surface area contributed by atoms with Crippen LogP contribution in [-0.4, -0.2) is 47.6 Å². The van der Waals surface area contributed by atoms with Gasteiger partial charge in [0.15, 0.2) is 0 Å². The van der Waals surface area contributed by atoms with E-state index in [-0.39, 0.29) is 12.5 Å². The van der Waals surface area contributed by atoms with Crippen LogP contribution in [0.4, 0.5) is 5.69 Å². The molecule has 0 radical (unpaired) electrons. The van der Waals surface area contributed by atoms with E-state index in [4.69, 9.17) is 5.11 Å². The molecule has 0 aliphatic rings. The van der Waals surface area contributed by atoms with E-state index in [9.17, 15) is 4.79 Å². The number of anilines is 1. The van der Waals surface area contributed by atoms with Crippen molar-refractivity contribution in [1.82, 2.24) is 9.88 Å². The van der Waals surface area contributed by atoms with Crippen LogP contribution in [0.5, 0.6) is 0 Å². The SMILES string of the molecule is CCCNc1ccncc1C(=O)N(C)CCCCCO. The van der Waals surface area contributed by atoms with Gasteiger partial charge in [-0.2, -0.15) is 0 Å². The lowest BCUT2D eigenvalue weighted by atomic mass is 10.2. The van der Waals surface area contributed by atoms with Gasteiger partial charge < -0.3 is 15.3 Å². The second kappa shape index (κ2) is 9.31. The molecule has 0 bridgehead atoms. The van der Waals surface area contributed by atoms with Gasteiger partial charge in [-0.1, -0.05) is 6.92 Å². The lowest BCUT2D eigenvalue weighted by Crippen LogP contribution is -2.28. The van der Waals surface area contributed by atoms with E-state index in [2.05, 4.69) is 17.2 Å². The van der Waals surface area contributed by atoms with E-state index in [0.717, 1.165) is 37.9 Å². The van der Waals surface area contributed by atoms with E-state index in [1.54, 1.807) is 24.3 Å². The molecule has 2 N–H and O–H groups in total. The highest BCUT2D eigenvalue weighted by Gasteiger charge is 2.15. The molecule has 0 unspecified atom stereocenters. The minimum Gasteiger partial charge on any atom is -0.396 e. The number of amides is 1. The van der Waals surface area contributed by atoms with Gasteiger partial charge in [-0.05, 0) is 31.7 Å². The highest BCUT2D eigenvalue weighted by molar-refractivity contribution is 5.99. The van der Waals surface area contributed by atoms with Crippen LogP contribution in [0.2, 0.25) is 0 Å². The highest BCUT2D eigenvalue weighted by Crippen LogP contribution is 2.15. The van der Waals surface area contributed by atoms with Crippen molar-refractivity contribution in [3.8, 4) is 0 Å². The van der Waals surface area contributed by atoms with Crippen molar-refractivity contribution in [2.75, 3.05) is 32.1 Å². The van der Waals surface area contributed by atoms with Crippen molar-refractivity contribution in [1.29, 1.82) is 0 Å². The summed E-state index contributed by atoms with van der Waals surface area (Å²) in [5.41, 5.74) is 1.46. The maximum atomic E-state index is 12.4. The number of hydrogen-bond acceptors (Lipinski definition) is 4. The summed E-state index contributed by atoms with van der Waals surface area (Å²) in [6.45, 7) is 3.83. The Hall–Kier alpha value is -1.62. The zero-order valence-corrected chi connectivity index (χ0v) is 12.4. The Bertz CT molecular complexity index is 410. The molecule has 20 heavy (non-hydrogen) atoms. The largest absolute Gasteiger partial charge is 0.396 e. The summed E-state index contributed by atoms with van der Waals surface area (Å²) in [6, 6.07) is 1.84. The van der Waals surface area contributed by atoms with Gasteiger partial charge in [-0.15, -0.1) is 0 Å². The molecule has 5 heteroatoms. The molecule has 1 amide bonds. The van der Waals surface area contributed by atoms with Crippen LogP contribution >= 0.6 is 0 Å². The Balaban J connectivity index is 2.61. The fourth-order valence-electron chi connectivity index (χ4n) is 1.92. The number of nitrogens with one attached hydrogen (secondary N) is 1. The van der Waals surface area contributed by atoms with E-state index < -0.39 is 0 Å². The molecule has 1 rings (SSSR count). The quantitative estimate of drug-likeness (QED) is 0.680. The molecule has 0 saturated carbocycles. The van der Waals surface area contributed by atoms with Gasteiger partial charge in [-0.25, -0.2) is 0 Å². The Labute approximate surface area is 121 Å². The lowest BCUT2D eigenvalue weighted by Gasteiger charge is -2.19. The van der Waals surface area contributed by atoms with Crippen molar-refractivity contribution in [3.63, 3.8) is 0 Å². The van der Waals surface area contributed by atoms with Gasteiger partial charge in [0.05, 0.1) is 11.3 Å². The van der Waals surface area contributed by atoms with Gasteiger partial charge in [0.25, 0.3) is 5.91 Å². The minimum absolute atomic E-state index is 0.0132. The number of aromatic nitrogens is 1. The molecule has 0 atom stereocenters. The minimum atomic E-state index is -0.0132. The number of carbonyl (C=O) groups is 1. The maximum Gasteiger partial charge on any atom is 0.257 e. The Morgan fingerprint density at radius 1 is 1.40 bits per heavy atom.